The molecule has 1 atom stereocenters. The van der Waals surface area contributed by atoms with Crippen LogP contribution in [0.3, 0.4) is 0 Å². The number of hydrogen-bond donors (Lipinski definition) is 1. The molecule has 0 saturated heterocycles. The van der Waals surface area contributed by atoms with Gasteiger partial charge in [-0.1, -0.05) is 13.0 Å². The maximum atomic E-state index is 4.63. The minimum atomic E-state index is 0.544. The summed E-state index contributed by atoms with van der Waals surface area (Å²) in [5, 5.41) is 3.53. The lowest BCUT2D eigenvalue weighted by molar-refractivity contribution is 0.172. The highest BCUT2D eigenvalue weighted by atomic mass is 15.2. The molecule has 0 aromatic carbocycles. The van der Waals surface area contributed by atoms with E-state index in [2.05, 4.69) is 60.2 Å². The van der Waals surface area contributed by atoms with Gasteiger partial charge in [0.2, 0.25) is 0 Å². The van der Waals surface area contributed by atoms with Crippen LogP contribution in [0.5, 0.6) is 0 Å². The zero-order valence-corrected chi connectivity index (χ0v) is 14.0. The molecule has 1 aromatic rings. The van der Waals surface area contributed by atoms with Crippen LogP contribution in [0.1, 0.15) is 37.9 Å². The van der Waals surface area contributed by atoms with Gasteiger partial charge in [-0.05, 0) is 52.0 Å². The van der Waals surface area contributed by atoms with Crippen molar-refractivity contribution in [2.45, 2.75) is 51.9 Å². The molecule has 1 aliphatic rings. The summed E-state index contributed by atoms with van der Waals surface area (Å²) in [5.41, 5.74) is 2.45. The third kappa shape index (κ3) is 5.73. The number of likely N-dealkylation sites (N-methyl/N-ethyl adjacent to an activating group) is 2. The van der Waals surface area contributed by atoms with Crippen LogP contribution in [-0.4, -0.2) is 54.1 Å². The van der Waals surface area contributed by atoms with Gasteiger partial charge in [-0.2, -0.15) is 0 Å². The van der Waals surface area contributed by atoms with Crippen molar-refractivity contribution in [2.24, 2.45) is 0 Å². The highest BCUT2D eigenvalue weighted by Gasteiger charge is 2.20. The predicted octanol–water partition coefficient (Wildman–Crippen LogP) is 2.11. The summed E-state index contributed by atoms with van der Waals surface area (Å²) >= 11 is 0. The Morgan fingerprint density at radius 2 is 2.10 bits per heavy atom. The first kappa shape index (κ1) is 16.4. The van der Waals surface area contributed by atoms with Crippen LogP contribution >= 0.6 is 0 Å². The Kier molecular flexibility index (Phi) is 6.15. The van der Waals surface area contributed by atoms with Crippen molar-refractivity contribution in [3.63, 3.8) is 0 Å². The van der Waals surface area contributed by atoms with Crippen molar-refractivity contribution in [3.8, 4) is 0 Å². The maximum Gasteiger partial charge on any atom is 0.0544 e. The van der Waals surface area contributed by atoms with Crippen molar-refractivity contribution >= 4 is 0 Å². The highest BCUT2D eigenvalue weighted by Crippen LogP contribution is 2.19. The summed E-state index contributed by atoms with van der Waals surface area (Å²) in [4.78, 5) is 9.35. The van der Waals surface area contributed by atoms with Crippen LogP contribution in [0.25, 0.3) is 0 Å². The Bertz CT molecular complexity index is 411. The van der Waals surface area contributed by atoms with Gasteiger partial charge in [-0.25, -0.2) is 0 Å². The van der Waals surface area contributed by atoms with E-state index in [1.807, 2.05) is 6.20 Å². The fourth-order valence-corrected chi connectivity index (χ4v) is 2.63. The number of nitrogens with one attached hydrogen (secondary N) is 1. The minimum Gasteiger partial charge on any atom is -0.310 e. The molecule has 1 aromatic heterocycles. The molecule has 118 valence electrons. The highest BCUT2D eigenvalue weighted by molar-refractivity contribution is 5.14. The Morgan fingerprint density at radius 1 is 1.33 bits per heavy atom. The van der Waals surface area contributed by atoms with Crippen LogP contribution in [-0.2, 0) is 13.1 Å². The van der Waals surface area contributed by atoms with Gasteiger partial charge in [-0.15, -0.1) is 0 Å². The summed E-state index contributed by atoms with van der Waals surface area (Å²) in [5.74, 6) is 0. The summed E-state index contributed by atoms with van der Waals surface area (Å²) in [6.07, 6.45) is 4.69. The van der Waals surface area contributed by atoms with Crippen LogP contribution < -0.4 is 5.32 Å². The van der Waals surface area contributed by atoms with Crippen molar-refractivity contribution in [2.75, 3.05) is 27.2 Å². The lowest BCUT2D eigenvalue weighted by Crippen LogP contribution is -2.39. The minimum absolute atomic E-state index is 0.544. The molecular formula is C17H30N4. The Labute approximate surface area is 129 Å². The van der Waals surface area contributed by atoms with Crippen LogP contribution in [0.15, 0.2) is 18.3 Å². The normalized spacial score (nSPS) is 16.7. The number of nitrogens with zero attached hydrogens (tertiary/aromatic N) is 3. The van der Waals surface area contributed by atoms with Gasteiger partial charge < -0.3 is 10.2 Å². The van der Waals surface area contributed by atoms with Gasteiger partial charge in [0.15, 0.2) is 0 Å². The second-order valence-electron chi connectivity index (χ2n) is 6.49. The molecule has 1 N–H and O–H groups in total. The molecule has 1 fully saturated rings. The smallest absolute Gasteiger partial charge is 0.0544 e. The van der Waals surface area contributed by atoms with E-state index in [9.17, 15) is 0 Å². The Hall–Kier alpha value is -0.970. The van der Waals surface area contributed by atoms with E-state index in [1.54, 1.807) is 0 Å². The molecule has 1 saturated carbocycles. The van der Waals surface area contributed by atoms with E-state index in [0.717, 1.165) is 37.9 Å². The molecule has 4 heteroatoms. The van der Waals surface area contributed by atoms with Gasteiger partial charge >= 0.3 is 0 Å². The quantitative estimate of drug-likeness (QED) is 0.755. The standard InChI is InChI=1S/C17H30N4/c1-5-21(14(2)12-20(3)4)13-17-7-6-15(11-19-17)10-18-16-8-9-16/h6-7,11,14,16,18H,5,8-10,12-13H2,1-4H3. The van der Waals surface area contributed by atoms with Crippen LogP contribution in [0.4, 0.5) is 0 Å². The van der Waals surface area contributed by atoms with E-state index in [-0.39, 0.29) is 0 Å². The molecule has 0 aliphatic heterocycles. The molecule has 0 amide bonds. The molecule has 1 aliphatic carbocycles. The van der Waals surface area contributed by atoms with Gasteiger partial charge in [0, 0.05) is 37.9 Å². The monoisotopic (exact) mass is 290 g/mol. The molecule has 1 heterocycles. The largest absolute Gasteiger partial charge is 0.310 e. The van der Waals surface area contributed by atoms with Gasteiger partial charge in [-0.3, -0.25) is 9.88 Å². The number of hydrogen-bond acceptors (Lipinski definition) is 4. The summed E-state index contributed by atoms with van der Waals surface area (Å²) in [6.45, 7) is 8.53. The topological polar surface area (TPSA) is 31.4 Å². The van der Waals surface area contributed by atoms with E-state index in [4.69, 9.17) is 0 Å². The van der Waals surface area contributed by atoms with Gasteiger partial charge in [0.05, 0.1) is 5.69 Å². The molecule has 4 nitrogen and oxygen atoms in total. The fourth-order valence-electron chi connectivity index (χ4n) is 2.63. The van der Waals surface area contributed by atoms with Crippen molar-refractivity contribution in [1.29, 1.82) is 0 Å². The summed E-state index contributed by atoms with van der Waals surface area (Å²) in [7, 11) is 4.26. The van der Waals surface area contributed by atoms with E-state index >= 15 is 0 Å². The third-order valence-electron chi connectivity index (χ3n) is 4.08. The number of aromatic nitrogens is 1. The van der Waals surface area contributed by atoms with Gasteiger partial charge in [0.25, 0.3) is 0 Å². The van der Waals surface area contributed by atoms with E-state index < -0.39 is 0 Å². The lowest BCUT2D eigenvalue weighted by atomic mass is 10.2. The second-order valence-corrected chi connectivity index (χ2v) is 6.49. The van der Waals surface area contributed by atoms with E-state index in [1.165, 1.54) is 18.4 Å². The summed E-state index contributed by atoms with van der Waals surface area (Å²) in [6, 6.07) is 5.69. The number of rotatable bonds is 9. The SMILES string of the molecule is CCN(Cc1ccc(CNC2CC2)cn1)C(C)CN(C)C. The van der Waals surface area contributed by atoms with Crippen LogP contribution in [0, 0.1) is 0 Å². The average Bonchev–Trinajstić information content (AvgIpc) is 3.27. The molecule has 21 heavy (non-hydrogen) atoms. The molecule has 0 bridgehead atoms. The fraction of sp³-hybridized carbons (Fsp3) is 0.706. The van der Waals surface area contributed by atoms with Crippen LogP contribution in [0.2, 0.25) is 0 Å². The zero-order chi connectivity index (χ0) is 15.2. The molecule has 0 spiro atoms. The van der Waals surface area contributed by atoms with Gasteiger partial charge in [0.1, 0.15) is 0 Å². The maximum absolute atomic E-state index is 4.63. The summed E-state index contributed by atoms with van der Waals surface area (Å²) < 4.78 is 0. The van der Waals surface area contributed by atoms with Crippen molar-refractivity contribution in [3.05, 3.63) is 29.6 Å². The molecular weight excluding hydrogens is 260 g/mol. The lowest BCUT2D eigenvalue weighted by Gasteiger charge is -2.29. The molecule has 0 radical (unpaired) electrons. The molecule has 2 rings (SSSR count). The second kappa shape index (κ2) is 7.87. The Balaban J connectivity index is 1.84. The third-order valence-corrected chi connectivity index (χ3v) is 4.08. The first-order chi connectivity index (χ1) is 10.1. The van der Waals surface area contributed by atoms with E-state index in [0.29, 0.717) is 6.04 Å². The Morgan fingerprint density at radius 3 is 2.62 bits per heavy atom. The van der Waals surface area contributed by atoms with Crippen molar-refractivity contribution in [1.82, 2.24) is 20.1 Å². The van der Waals surface area contributed by atoms with Crippen molar-refractivity contribution < 1.29 is 0 Å². The molecule has 1 unspecified atom stereocenters. The zero-order valence-electron chi connectivity index (χ0n) is 14.0. The first-order valence-corrected chi connectivity index (χ1v) is 8.14. The first-order valence-electron chi connectivity index (χ1n) is 8.14. The number of pyridine rings is 1. The average molecular weight is 290 g/mol. The predicted molar refractivity (Wildman–Crippen MR) is 88.2 cm³/mol.